The van der Waals surface area contributed by atoms with Gasteiger partial charge in [0.25, 0.3) is 0 Å². The van der Waals surface area contributed by atoms with Gasteiger partial charge in [0.05, 0.1) is 12.3 Å². The first-order valence-electron chi connectivity index (χ1n) is 4.53. The fraction of sp³-hybridized carbons (Fsp3) is 0.667. The van der Waals surface area contributed by atoms with Crippen LogP contribution in [0.2, 0.25) is 0 Å². The van der Waals surface area contributed by atoms with E-state index in [9.17, 15) is 0 Å². The van der Waals surface area contributed by atoms with Crippen molar-refractivity contribution in [3.05, 3.63) is 18.0 Å². The lowest BCUT2D eigenvalue weighted by atomic mass is 9.94. The van der Waals surface area contributed by atoms with E-state index >= 15 is 0 Å². The van der Waals surface area contributed by atoms with Crippen LogP contribution in [0.3, 0.4) is 0 Å². The van der Waals surface area contributed by atoms with Crippen molar-refractivity contribution in [1.29, 1.82) is 0 Å². The number of hydrogen-bond acceptors (Lipinski definition) is 3. The highest BCUT2D eigenvalue weighted by Gasteiger charge is 2.31. The maximum absolute atomic E-state index is 6.13. The zero-order valence-corrected chi connectivity index (χ0v) is 7.86. The van der Waals surface area contributed by atoms with E-state index in [0.29, 0.717) is 6.61 Å². The predicted molar refractivity (Wildman–Crippen MR) is 49.3 cm³/mol. The fourth-order valence-corrected chi connectivity index (χ4v) is 1.68. The number of ether oxygens (including phenoxy) is 1. The van der Waals surface area contributed by atoms with Gasteiger partial charge in [0.1, 0.15) is 0 Å². The topological polar surface area (TPSA) is 53.1 Å². The van der Waals surface area contributed by atoms with E-state index in [1.54, 1.807) is 4.68 Å². The van der Waals surface area contributed by atoms with Crippen molar-refractivity contribution < 1.29 is 4.74 Å². The average molecular weight is 181 g/mol. The summed E-state index contributed by atoms with van der Waals surface area (Å²) in [5.74, 6) is 0. The highest BCUT2D eigenvalue weighted by molar-refractivity contribution is 5.06. The summed E-state index contributed by atoms with van der Waals surface area (Å²) in [4.78, 5) is 0. The highest BCUT2D eigenvalue weighted by Crippen LogP contribution is 2.19. The third-order valence-corrected chi connectivity index (χ3v) is 2.44. The van der Waals surface area contributed by atoms with Crippen molar-refractivity contribution in [2.75, 3.05) is 13.2 Å². The van der Waals surface area contributed by atoms with Crippen LogP contribution in [0.15, 0.2) is 12.3 Å². The third-order valence-electron chi connectivity index (χ3n) is 2.44. The van der Waals surface area contributed by atoms with E-state index in [-0.39, 0.29) is 5.54 Å². The summed E-state index contributed by atoms with van der Waals surface area (Å²) in [7, 11) is 1.91. The molecule has 2 rings (SSSR count). The first-order chi connectivity index (χ1) is 6.18. The summed E-state index contributed by atoms with van der Waals surface area (Å²) in [6.07, 6.45) is 3.69. The van der Waals surface area contributed by atoms with Gasteiger partial charge in [-0.25, -0.2) is 0 Å². The Morgan fingerprint density at radius 3 is 3.15 bits per heavy atom. The lowest BCUT2D eigenvalue weighted by molar-refractivity contribution is 0.177. The van der Waals surface area contributed by atoms with Crippen LogP contribution >= 0.6 is 0 Å². The van der Waals surface area contributed by atoms with Gasteiger partial charge in [-0.1, -0.05) is 0 Å². The van der Waals surface area contributed by atoms with Crippen molar-refractivity contribution in [2.45, 2.75) is 18.4 Å². The molecule has 0 aliphatic carbocycles. The molecule has 1 saturated heterocycles. The zero-order chi connectivity index (χ0) is 9.31. The van der Waals surface area contributed by atoms with Crippen molar-refractivity contribution in [3.8, 4) is 0 Å². The van der Waals surface area contributed by atoms with Gasteiger partial charge in [0.2, 0.25) is 0 Å². The molecule has 1 aromatic heterocycles. The summed E-state index contributed by atoms with van der Waals surface area (Å²) in [5.41, 5.74) is 6.99. The Bertz CT molecular complexity index is 289. The second-order valence-electron chi connectivity index (χ2n) is 3.82. The van der Waals surface area contributed by atoms with Crippen LogP contribution in [0.4, 0.5) is 0 Å². The van der Waals surface area contributed by atoms with Gasteiger partial charge in [0.15, 0.2) is 0 Å². The maximum atomic E-state index is 6.13. The quantitative estimate of drug-likeness (QED) is 0.703. The first kappa shape index (κ1) is 8.72. The summed E-state index contributed by atoms with van der Waals surface area (Å²) in [6.45, 7) is 1.44. The lowest BCUT2D eigenvalue weighted by Gasteiger charge is -2.19. The third kappa shape index (κ3) is 1.89. The standard InChI is InChI=1S/C9H15N3O/c1-12-4-2-8(11-12)6-9(10)3-5-13-7-9/h2,4H,3,5-7,10H2,1H3. The molecule has 4 nitrogen and oxygen atoms in total. The van der Waals surface area contributed by atoms with Crippen LogP contribution < -0.4 is 5.73 Å². The van der Waals surface area contributed by atoms with Crippen LogP contribution in [0.5, 0.6) is 0 Å². The molecular weight excluding hydrogens is 166 g/mol. The van der Waals surface area contributed by atoms with Gasteiger partial charge >= 0.3 is 0 Å². The molecule has 1 aliphatic rings. The van der Waals surface area contributed by atoms with E-state index in [4.69, 9.17) is 10.5 Å². The molecular formula is C9H15N3O. The Balaban J connectivity index is 2.04. The van der Waals surface area contributed by atoms with E-state index in [1.165, 1.54) is 0 Å². The number of nitrogens with zero attached hydrogens (tertiary/aromatic N) is 2. The van der Waals surface area contributed by atoms with Gasteiger partial charge in [0, 0.05) is 31.8 Å². The van der Waals surface area contributed by atoms with Crippen LogP contribution in [0.1, 0.15) is 12.1 Å². The molecule has 72 valence electrons. The SMILES string of the molecule is Cn1ccc(CC2(N)CCOC2)n1. The Hall–Kier alpha value is -0.870. The van der Waals surface area contributed by atoms with Crippen LogP contribution in [-0.2, 0) is 18.2 Å². The Morgan fingerprint density at radius 1 is 1.77 bits per heavy atom. The minimum absolute atomic E-state index is 0.186. The second-order valence-corrected chi connectivity index (χ2v) is 3.82. The molecule has 0 amide bonds. The van der Waals surface area contributed by atoms with E-state index in [1.807, 2.05) is 19.3 Å². The van der Waals surface area contributed by atoms with E-state index in [2.05, 4.69) is 5.10 Å². The Kier molecular flexibility index (Phi) is 2.09. The fourth-order valence-electron chi connectivity index (χ4n) is 1.68. The molecule has 2 heterocycles. The molecule has 0 spiro atoms. The number of hydrogen-bond donors (Lipinski definition) is 1. The molecule has 0 radical (unpaired) electrons. The van der Waals surface area contributed by atoms with Crippen molar-refractivity contribution in [2.24, 2.45) is 12.8 Å². The number of nitrogens with two attached hydrogens (primary N) is 1. The molecule has 1 unspecified atom stereocenters. The molecule has 0 bridgehead atoms. The molecule has 0 aromatic carbocycles. The number of aryl methyl sites for hydroxylation is 1. The second kappa shape index (κ2) is 3.12. The van der Waals surface area contributed by atoms with Crippen LogP contribution in [0.25, 0.3) is 0 Å². The van der Waals surface area contributed by atoms with Gasteiger partial charge in [-0.05, 0) is 12.5 Å². The number of aromatic nitrogens is 2. The Labute approximate surface area is 77.7 Å². The van der Waals surface area contributed by atoms with Crippen molar-refractivity contribution in [1.82, 2.24) is 9.78 Å². The molecule has 1 aliphatic heterocycles. The monoisotopic (exact) mass is 181 g/mol. The number of rotatable bonds is 2. The minimum Gasteiger partial charge on any atom is -0.379 e. The summed E-state index contributed by atoms with van der Waals surface area (Å²) >= 11 is 0. The molecule has 13 heavy (non-hydrogen) atoms. The molecule has 1 aromatic rings. The van der Waals surface area contributed by atoms with Crippen molar-refractivity contribution in [3.63, 3.8) is 0 Å². The molecule has 1 fully saturated rings. The normalized spacial score (nSPS) is 28.2. The van der Waals surface area contributed by atoms with Gasteiger partial charge in [-0.2, -0.15) is 5.10 Å². The van der Waals surface area contributed by atoms with Gasteiger partial charge < -0.3 is 10.5 Å². The van der Waals surface area contributed by atoms with E-state index in [0.717, 1.165) is 25.1 Å². The Morgan fingerprint density at radius 2 is 2.62 bits per heavy atom. The smallest absolute Gasteiger partial charge is 0.0650 e. The van der Waals surface area contributed by atoms with E-state index < -0.39 is 0 Å². The molecule has 4 heteroatoms. The summed E-state index contributed by atoms with van der Waals surface area (Å²) in [6, 6.07) is 2.01. The van der Waals surface area contributed by atoms with Gasteiger partial charge in [-0.3, -0.25) is 4.68 Å². The zero-order valence-electron chi connectivity index (χ0n) is 7.86. The largest absolute Gasteiger partial charge is 0.379 e. The maximum Gasteiger partial charge on any atom is 0.0650 e. The lowest BCUT2D eigenvalue weighted by Crippen LogP contribution is -2.42. The van der Waals surface area contributed by atoms with Gasteiger partial charge in [-0.15, -0.1) is 0 Å². The predicted octanol–water partition coefficient (Wildman–Crippen LogP) is 0.0804. The molecule has 1 atom stereocenters. The van der Waals surface area contributed by atoms with Crippen LogP contribution in [-0.4, -0.2) is 28.5 Å². The van der Waals surface area contributed by atoms with Crippen molar-refractivity contribution >= 4 is 0 Å². The average Bonchev–Trinajstić information content (AvgIpc) is 2.62. The first-order valence-corrected chi connectivity index (χ1v) is 4.53. The molecule has 0 saturated carbocycles. The molecule has 2 N–H and O–H groups in total. The summed E-state index contributed by atoms with van der Waals surface area (Å²) < 4.78 is 7.08. The highest BCUT2D eigenvalue weighted by atomic mass is 16.5. The minimum atomic E-state index is -0.186. The summed E-state index contributed by atoms with van der Waals surface area (Å²) in [5, 5.41) is 4.30. The van der Waals surface area contributed by atoms with Crippen LogP contribution in [0, 0.1) is 0 Å².